The molecule has 0 bridgehead atoms. The molecule has 0 heterocycles. The molecular weight excluding hydrogens is 597 g/mol. The van der Waals surface area contributed by atoms with Gasteiger partial charge in [-0.15, -0.1) is 0 Å². The highest BCUT2D eigenvalue weighted by molar-refractivity contribution is 9.10. The third-order valence-electron chi connectivity index (χ3n) is 7.15. The molecule has 0 aliphatic heterocycles. The van der Waals surface area contributed by atoms with Gasteiger partial charge in [-0.3, -0.25) is 13.9 Å². The fourth-order valence-corrected chi connectivity index (χ4v) is 6.58. The lowest BCUT2D eigenvalue weighted by atomic mass is 10.1. The molecule has 0 spiro atoms. The zero-order valence-corrected chi connectivity index (χ0v) is 24.9. The van der Waals surface area contributed by atoms with Gasteiger partial charge in [0, 0.05) is 22.6 Å². The van der Waals surface area contributed by atoms with Gasteiger partial charge in [0.2, 0.25) is 11.8 Å². The quantitative estimate of drug-likeness (QED) is 0.318. The average molecular weight is 631 g/mol. The molecular formula is C30H33BrFN3O4S. The number of aryl methyl sites for hydroxylation is 1. The highest BCUT2D eigenvalue weighted by atomic mass is 79.9. The molecule has 3 aromatic rings. The smallest absolute Gasteiger partial charge is 0.264 e. The van der Waals surface area contributed by atoms with E-state index >= 15 is 0 Å². The first-order valence-corrected chi connectivity index (χ1v) is 15.5. The zero-order valence-electron chi connectivity index (χ0n) is 22.5. The minimum absolute atomic E-state index is 0.0264. The molecule has 1 saturated carbocycles. The monoisotopic (exact) mass is 629 g/mol. The summed E-state index contributed by atoms with van der Waals surface area (Å²) in [4.78, 5) is 28.5. The van der Waals surface area contributed by atoms with Crippen LogP contribution in [0.1, 0.15) is 43.7 Å². The second kappa shape index (κ2) is 13.0. The van der Waals surface area contributed by atoms with Crippen molar-refractivity contribution in [1.29, 1.82) is 0 Å². The fourth-order valence-electron chi connectivity index (χ4n) is 4.78. The van der Waals surface area contributed by atoms with E-state index in [-0.39, 0.29) is 34.6 Å². The Bertz CT molecular complexity index is 1460. The second-order valence-corrected chi connectivity index (χ2v) is 12.9. The van der Waals surface area contributed by atoms with Crippen LogP contribution in [0.3, 0.4) is 0 Å². The van der Waals surface area contributed by atoms with E-state index in [9.17, 15) is 22.4 Å². The van der Waals surface area contributed by atoms with Crippen LogP contribution in [0.25, 0.3) is 0 Å². The van der Waals surface area contributed by atoms with Crippen molar-refractivity contribution in [3.8, 4) is 0 Å². The van der Waals surface area contributed by atoms with Gasteiger partial charge in [-0.1, -0.05) is 70.7 Å². The Hall–Kier alpha value is -3.24. The Morgan fingerprint density at radius 2 is 1.70 bits per heavy atom. The summed E-state index contributed by atoms with van der Waals surface area (Å²) in [6.45, 7) is 2.66. The van der Waals surface area contributed by atoms with Gasteiger partial charge in [-0.05, 0) is 63.1 Å². The van der Waals surface area contributed by atoms with E-state index in [2.05, 4.69) is 21.2 Å². The van der Waals surface area contributed by atoms with Crippen LogP contribution in [0, 0.1) is 12.7 Å². The first kappa shape index (κ1) is 29.7. The van der Waals surface area contributed by atoms with E-state index in [1.807, 2.05) is 6.92 Å². The number of anilines is 1. The molecule has 1 fully saturated rings. The van der Waals surface area contributed by atoms with E-state index < -0.39 is 34.3 Å². The Morgan fingerprint density at radius 3 is 2.35 bits per heavy atom. The molecule has 1 N–H and O–H groups in total. The lowest BCUT2D eigenvalue weighted by Crippen LogP contribution is -2.52. The van der Waals surface area contributed by atoms with Crippen molar-refractivity contribution in [2.24, 2.45) is 0 Å². The minimum atomic E-state index is -4.17. The van der Waals surface area contributed by atoms with Gasteiger partial charge in [0.25, 0.3) is 10.0 Å². The molecule has 212 valence electrons. The van der Waals surface area contributed by atoms with Crippen molar-refractivity contribution in [3.63, 3.8) is 0 Å². The maximum Gasteiger partial charge on any atom is 0.264 e. The van der Waals surface area contributed by atoms with Gasteiger partial charge in [0.05, 0.1) is 10.6 Å². The van der Waals surface area contributed by atoms with Crippen LogP contribution < -0.4 is 9.62 Å². The van der Waals surface area contributed by atoms with Crippen molar-refractivity contribution >= 4 is 43.5 Å². The van der Waals surface area contributed by atoms with Crippen LogP contribution in [-0.2, 0) is 26.2 Å². The lowest BCUT2D eigenvalue weighted by Gasteiger charge is -2.32. The SMILES string of the molecule is Cc1ccc(S(=O)(=O)N(CC(=O)N(Cc2ccccc2F)C(C)C(=O)NC2CCCC2)c2cccc(Br)c2)cc1. The number of rotatable bonds is 10. The molecule has 1 aliphatic carbocycles. The molecule has 10 heteroatoms. The summed E-state index contributed by atoms with van der Waals surface area (Å²) in [6, 6.07) is 18.1. The molecule has 0 saturated heterocycles. The summed E-state index contributed by atoms with van der Waals surface area (Å²) in [5.74, 6) is -1.50. The standard InChI is InChI=1S/C30H33BrFN3O4S/c1-21-14-16-27(17-15-21)40(38,39)35(26-12-7-9-24(31)18-26)20-29(36)34(19-23-8-3-6-13-28(23)32)22(2)30(37)33-25-10-4-5-11-25/h3,6-9,12-18,22,25H,4-5,10-11,19-20H2,1-2H3,(H,33,37). The molecule has 1 unspecified atom stereocenters. The van der Waals surface area contributed by atoms with Gasteiger partial charge in [-0.25, -0.2) is 12.8 Å². The molecule has 40 heavy (non-hydrogen) atoms. The highest BCUT2D eigenvalue weighted by Gasteiger charge is 2.33. The number of nitrogens with zero attached hydrogens (tertiary/aromatic N) is 2. The number of nitrogens with one attached hydrogen (secondary N) is 1. The third kappa shape index (κ3) is 7.09. The molecule has 3 aromatic carbocycles. The van der Waals surface area contributed by atoms with E-state index in [1.165, 1.54) is 23.1 Å². The summed E-state index contributed by atoms with van der Waals surface area (Å²) < 4.78 is 44.1. The van der Waals surface area contributed by atoms with Gasteiger partial charge >= 0.3 is 0 Å². The summed E-state index contributed by atoms with van der Waals surface area (Å²) in [6.07, 6.45) is 3.78. The molecule has 2 amide bonds. The number of hydrogen-bond acceptors (Lipinski definition) is 4. The van der Waals surface area contributed by atoms with E-state index in [1.54, 1.807) is 61.5 Å². The lowest BCUT2D eigenvalue weighted by molar-refractivity contribution is -0.139. The third-order valence-corrected chi connectivity index (χ3v) is 9.43. The largest absolute Gasteiger partial charge is 0.352 e. The highest BCUT2D eigenvalue weighted by Crippen LogP contribution is 2.27. The van der Waals surface area contributed by atoms with Crippen LogP contribution in [0.2, 0.25) is 0 Å². The fraction of sp³-hybridized carbons (Fsp3) is 0.333. The summed E-state index contributed by atoms with van der Waals surface area (Å²) >= 11 is 3.38. The minimum Gasteiger partial charge on any atom is -0.352 e. The number of benzene rings is 3. The second-order valence-electron chi connectivity index (χ2n) is 10.1. The molecule has 7 nitrogen and oxygen atoms in total. The topological polar surface area (TPSA) is 86.8 Å². The van der Waals surface area contributed by atoms with Gasteiger partial charge in [0.1, 0.15) is 18.4 Å². The van der Waals surface area contributed by atoms with Crippen LogP contribution >= 0.6 is 15.9 Å². The van der Waals surface area contributed by atoms with Crippen LogP contribution in [-0.4, -0.2) is 43.8 Å². The number of hydrogen-bond donors (Lipinski definition) is 1. The zero-order chi connectivity index (χ0) is 28.9. The predicted molar refractivity (Wildman–Crippen MR) is 157 cm³/mol. The number of carbonyl (C=O) groups is 2. The number of halogens is 2. The molecule has 1 aliphatic rings. The number of sulfonamides is 1. The molecule has 1 atom stereocenters. The van der Waals surface area contributed by atoms with Crippen LogP contribution in [0.4, 0.5) is 10.1 Å². The number of carbonyl (C=O) groups excluding carboxylic acids is 2. The summed E-state index contributed by atoms with van der Waals surface area (Å²) in [5.41, 5.74) is 1.39. The van der Waals surface area contributed by atoms with E-state index in [4.69, 9.17) is 0 Å². The van der Waals surface area contributed by atoms with Crippen molar-refractivity contribution in [3.05, 3.63) is 94.2 Å². The first-order valence-electron chi connectivity index (χ1n) is 13.2. The van der Waals surface area contributed by atoms with Crippen molar-refractivity contribution in [1.82, 2.24) is 10.2 Å². The Morgan fingerprint density at radius 1 is 1.02 bits per heavy atom. The normalized spacial score (nSPS) is 14.5. The van der Waals surface area contributed by atoms with Gasteiger partial charge < -0.3 is 10.2 Å². The Labute approximate surface area is 243 Å². The summed E-state index contributed by atoms with van der Waals surface area (Å²) in [7, 11) is -4.17. The first-order chi connectivity index (χ1) is 19.1. The van der Waals surface area contributed by atoms with Crippen molar-refractivity contribution in [2.75, 3.05) is 10.8 Å². The van der Waals surface area contributed by atoms with E-state index in [0.29, 0.717) is 4.47 Å². The molecule has 4 rings (SSSR count). The Balaban J connectivity index is 1.69. The van der Waals surface area contributed by atoms with Gasteiger partial charge in [-0.2, -0.15) is 0 Å². The van der Waals surface area contributed by atoms with Crippen LogP contribution in [0.15, 0.2) is 82.2 Å². The van der Waals surface area contributed by atoms with Crippen LogP contribution in [0.5, 0.6) is 0 Å². The Kier molecular flexibility index (Phi) is 9.63. The van der Waals surface area contributed by atoms with Crippen molar-refractivity contribution in [2.45, 2.75) is 63.1 Å². The predicted octanol–water partition coefficient (Wildman–Crippen LogP) is 5.57. The summed E-state index contributed by atoms with van der Waals surface area (Å²) in [5, 5.41) is 3.00. The average Bonchev–Trinajstić information content (AvgIpc) is 3.44. The van der Waals surface area contributed by atoms with Crippen molar-refractivity contribution < 1.29 is 22.4 Å². The number of amides is 2. The maximum atomic E-state index is 14.7. The van der Waals surface area contributed by atoms with Gasteiger partial charge in [0.15, 0.2) is 0 Å². The van der Waals surface area contributed by atoms with E-state index in [0.717, 1.165) is 35.6 Å². The molecule has 0 aromatic heterocycles. The molecule has 0 radical (unpaired) electrons. The maximum absolute atomic E-state index is 14.7.